The quantitative estimate of drug-likeness (QED) is 0.654. The lowest BCUT2D eigenvalue weighted by atomic mass is 10.1. The lowest BCUT2D eigenvalue weighted by Crippen LogP contribution is -1.91. The third kappa shape index (κ3) is 2.58. The molecule has 6 nitrogen and oxygen atoms in total. The van der Waals surface area contributed by atoms with Gasteiger partial charge in [0.05, 0.1) is 36.9 Å². The first kappa shape index (κ1) is 17.4. The minimum Gasteiger partial charge on any atom is -0.294 e. The van der Waals surface area contributed by atoms with Crippen LogP contribution in [0.15, 0.2) is 0 Å². The molecule has 0 unspecified atom stereocenters. The van der Waals surface area contributed by atoms with E-state index in [0.29, 0.717) is 0 Å². The summed E-state index contributed by atoms with van der Waals surface area (Å²) in [5.41, 5.74) is -0.317. The van der Waals surface area contributed by atoms with E-state index < -0.39 is 5.12 Å². The maximum Gasteiger partial charge on any atom is 0.227 e. The number of carbonyl (C=O) groups is 2. The number of ketones is 1. The van der Waals surface area contributed by atoms with Crippen LogP contribution in [0.3, 0.4) is 0 Å². The monoisotopic (exact) mass is 368 g/mol. The molecule has 0 fully saturated rings. The second kappa shape index (κ2) is 6.66. The van der Waals surface area contributed by atoms with E-state index in [-0.39, 0.29) is 47.5 Å². The lowest BCUT2D eigenvalue weighted by molar-refractivity contribution is 0.102. The first-order valence-corrected chi connectivity index (χ1v) is 8.17. The number of nitriles is 4. The van der Waals surface area contributed by atoms with Crippen molar-refractivity contribution in [1.82, 2.24) is 0 Å². The molecular weight excluding hydrogens is 364 g/mol. The van der Waals surface area contributed by atoms with Gasteiger partial charge in [0.15, 0.2) is 5.78 Å². The second-order valence-corrected chi connectivity index (χ2v) is 6.78. The fourth-order valence-corrected chi connectivity index (χ4v) is 4.53. The molecular formula is C15H4N4O2S3. The summed E-state index contributed by atoms with van der Waals surface area (Å²) in [5.74, 6) is -0.389. The number of hydrogen-bond donors (Lipinski definition) is 1. The SMILES string of the molecule is CC(=O)c1sc(-c2sc(C(=O)S)c(C#N)c2C#N)c(C#N)c1C#N. The van der Waals surface area contributed by atoms with E-state index in [9.17, 15) is 30.6 Å². The Labute approximate surface area is 149 Å². The number of rotatable bonds is 3. The van der Waals surface area contributed by atoms with Crippen LogP contribution >= 0.6 is 35.3 Å². The molecule has 0 aliphatic rings. The largest absolute Gasteiger partial charge is 0.294 e. The van der Waals surface area contributed by atoms with Gasteiger partial charge in [-0.05, 0) is 0 Å². The number of hydrogen-bond acceptors (Lipinski definition) is 8. The molecule has 0 atom stereocenters. The van der Waals surface area contributed by atoms with Crippen LogP contribution in [0.2, 0.25) is 0 Å². The summed E-state index contributed by atoms with van der Waals surface area (Å²) < 4.78 is 0. The van der Waals surface area contributed by atoms with Crippen LogP contribution < -0.4 is 0 Å². The predicted molar refractivity (Wildman–Crippen MR) is 89.8 cm³/mol. The van der Waals surface area contributed by atoms with Crippen molar-refractivity contribution in [3.63, 3.8) is 0 Å². The fraction of sp³-hybridized carbons (Fsp3) is 0.0667. The predicted octanol–water partition coefficient (Wildman–Crippen LogP) is 3.24. The Morgan fingerprint density at radius 2 is 1.17 bits per heavy atom. The molecule has 0 saturated carbocycles. The smallest absolute Gasteiger partial charge is 0.227 e. The van der Waals surface area contributed by atoms with E-state index in [0.717, 1.165) is 22.7 Å². The van der Waals surface area contributed by atoms with Crippen molar-refractivity contribution in [2.45, 2.75) is 6.92 Å². The molecule has 0 aliphatic carbocycles. The molecule has 0 N–H and O–H groups in total. The molecule has 2 heterocycles. The van der Waals surface area contributed by atoms with Crippen LogP contribution in [0.1, 0.15) is 48.5 Å². The van der Waals surface area contributed by atoms with Crippen LogP contribution in [0, 0.1) is 45.3 Å². The number of thiol groups is 1. The average molecular weight is 368 g/mol. The molecule has 114 valence electrons. The van der Waals surface area contributed by atoms with Crippen LogP contribution in [0.5, 0.6) is 0 Å². The number of nitrogens with zero attached hydrogens (tertiary/aromatic N) is 4. The standard InChI is InChI=1S/C15H4N4O2S3/c1-6(20)11-7(2-16)8(3-17)12(23-11)13-9(4-18)10(5-19)14(24-13)15(21)22/h1H3,(H,21,22). The molecule has 2 rings (SSSR count). The normalized spacial score (nSPS) is 9.42. The summed E-state index contributed by atoms with van der Waals surface area (Å²) >= 11 is 5.42. The Hall–Kier alpha value is -2.95. The minimum absolute atomic E-state index is 0.0208. The van der Waals surface area contributed by atoms with Gasteiger partial charge in [-0.1, -0.05) is 12.6 Å². The number of carbonyl (C=O) groups excluding carboxylic acids is 2. The first-order chi connectivity index (χ1) is 11.4. The topological polar surface area (TPSA) is 129 Å². The molecule has 0 aliphatic heterocycles. The van der Waals surface area contributed by atoms with Gasteiger partial charge in [-0.2, -0.15) is 21.0 Å². The Bertz CT molecular complexity index is 979. The van der Waals surface area contributed by atoms with Gasteiger partial charge in [-0.3, -0.25) is 9.59 Å². The van der Waals surface area contributed by atoms with Crippen LogP contribution in [-0.2, 0) is 0 Å². The maximum absolute atomic E-state index is 11.7. The fourth-order valence-electron chi connectivity index (χ4n) is 2.01. The van der Waals surface area contributed by atoms with Gasteiger partial charge >= 0.3 is 0 Å². The number of thiophene rings is 2. The highest BCUT2D eigenvalue weighted by Gasteiger charge is 2.28. The maximum atomic E-state index is 11.7. The summed E-state index contributed by atoms with van der Waals surface area (Å²) in [7, 11) is 0. The van der Waals surface area contributed by atoms with Gasteiger partial charge in [0.2, 0.25) is 5.12 Å². The highest BCUT2D eigenvalue weighted by Crippen LogP contribution is 2.44. The van der Waals surface area contributed by atoms with E-state index in [2.05, 4.69) is 12.6 Å². The molecule has 0 spiro atoms. The van der Waals surface area contributed by atoms with E-state index in [1.807, 2.05) is 18.2 Å². The van der Waals surface area contributed by atoms with E-state index >= 15 is 0 Å². The third-order valence-corrected chi connectivity index (χ3v) is 6.00. The highest BCUT2D eigenvalue weighted by molar-refractivity contribution is 7.97. The molecule has 2 aromatic rings. The second-order valence-electron chi connectivity index (χ2n) is 4.33. The van der Waals surface area contributed by atoms with Gasteiger partial charge in [0.25, 0.3) is 0 Å². The van der Waals surface area contributed by atoms with E-state index in [4.69, 9.17) is 0 Å². The van der Waals surface area contributed by atoms with Crippen LogP contribution in [-0.4, -0.2) is 10.9 Å². The van der Waals surface area contributed by atoms with Gasteiger partial charge < -0.3 is 0 Å². The van der Waals surface area contributed by atoms with Crippen molar-refractivity contribution >= 4 is 46.2 Å². The van der Waals surface area contributed by atoms with Crippen LogP contribution in [0.4, 0.5) is 0 Å². The molecule has 2 aromatic heterocycles. The zero-order chi connectivity index (χ0) is 18.0. The molecule has 9 heteroatoms. The zero-order valence-electron chi connectivity index (χ0n) is 11.9. The molecule has 0 radical (unpaired) electrons. The van der Waals surface area contributed by atoms with Crippen molar-refractivity contribution in [2.75, 3.05) is 0 Å². The van der Waals surface area contributed by atoms with Crippen LogP contribution in [0.25, 0.3) is 9.75 Å². The summed E-state index contributed by atoms with van der Waals surface area (Å²) in [6.07, 6.45) is 0. The highest BCUT2D eigenvalue weighted by atomic mass is 32.1. The van der Waals surface area contributed by atoms with Gasteiger partial charge in [-0.15, -0.1) is 22.7 Å². The van der Waals surface area contributed by atoms with Crippen molar-refractivity contribution in [3.8, 4) is 34.0 Å². The summed E-state index contributed by atoms with van der Waals surface area (Å²) in [5, 5.41) is 36.5. The minimum atomic E-state index is -0.679. The Morgan fingerprint density at radius 3 is 1.50 bits per heavy atom. The van der Waals surface area contributed by atoms with Crippen molar-refractivity contribution in [1.29, 1.82) is 21.0 Å². The summed E-state index contributed by atoms with van der Waals surface area (Å²) in [4.78, 5) is 23.8. The molecule has 0 bridgehead atoms. The molecule has 24 heavy (non-hydrogen) atoms. The first-order valence-electron chi connectivity index (χ1n) is 6.09. The van der Waals surface area contributed by atoms with Crippen molar-refractivity contribution in [3.05, 3.63) is 32.0 Å². The van der Waals surface area contributed by atoms with Crippen molar-refractivity contribution in [2.24, 2.45) is 0 Å². The molecule has 0 aromatic carbocycles. The van der Waals surface area contributed by atoms with Gasteiger partial charge in [-0.25, -0.2) is 0 Å². The van der Waals surface area contributed by atoms with E-state index in [1.54, 1.807) is 6.07 Å². The van der Waals surface area contributed by atoms with Gasteiger partial charge in [0.1, 0.15) is 29.2 Å². The lowest BCUT2D eigenvalue weighted by Gasteiger charge is -1.94. The van der Waals surface area contributed by atoms with Crippen molar-refractivity contribution < 1.29 is 9.59 Å². The summed E-state index contributed by atoms with van der Waals surface area (Å²) in [6.45, 7) is 1.26. The van der Waals surface area contributed by atoms with E-state index in [1.165, 1.54) is 6.92 Å². The van der Waals surface area contributed by atoms with Gasteiger partial charge in [0, 0.05) is 6.92 Å². The number of Topliss-reactive ketones (excluding diaryl/α,β-unsaturated/α-hetero) is 1. The Balaban J connectivity index is 2.95. The molecule has 0 saturated heterocycles. The zero-order valence-corrected chi connectivity index (χ0v) is 14.4. The Morgan fingerprint density at radius 1 is 0.792 bits per heavy atom. The third-order valence-electron chi connectivity index (χ3n) is 2.98. The Kier molecular flexibility index (Phi) is 4.83. The average Bonchev–Trinajstić information content (AvgIpc) is 3.11. The molecule has 0 amide bonds. The summed E-state index contributed by atoms with van der Waals surface area (Å²) in [6, 6.07) is 7.32.